The van der Waals surface area contributed by atoms with Crippen LogP contribution < -0.4 is 10.2 Å². The molecule has 0 amide bonds. The summed E-state index contributed by atoms with van der Waals surface area (Å²) in [6.07, 6.45) is 0. The molecule has 2 rings (SSSR count). The first-order valence-corrected chi connectivity index (χ1v) is 7.90. The molecular weight excluding hydrogens is 298 g/mol. The van der Waals surface area contributed by atoms with E-state index >= 15 is 0 Å². The Labute approximate surface area is 138 Å². The molecule has 128 valence electrons. The summed E-state index contributed by atoms with van der Waals surface area (Å²) in [6, 6.07) is 3.16. The lowest BCUT2D eigenvalue weighted by atomic mass is 9.73. The Morgan fingerprint density at radius 1 is 1.13 bits per heavy atom. The van der Waals surface area contributed by atoms with Gasteiger partial charge >= 0.3 is 7.12 Å². The van der Waals surface area contributed by atoms with Gasteiger partial charge in [0.2, 0.25) is 0 Å². The van der Waals surface area contributed by atoms with Crippen molar-refractivity contribution in [3.63, 3.8) is 0 Å². The molecule has 1 fully saturated rings. The minimum absolute atomic E-state index is 0.000463. The van der Waals surface area contributed by atoms with Crippen LogP contribution in [0.4, 0.5) is 4.39 Å². The van der Waals surface area contributed by atoms with E-state index < -0.39 is 18.3 Å². The molecule has 0 unspecified atom stereocenters. The van der Waals surface area contributed by atoms with Crippen molar-refractivity contribution in [3.8, 4) is 5.75 Å². The van der Waals surface area contributed by atoms with Gasteiger partial charge in [-0.3, -0.25) is 0 Å². The third-order valence-corrected chi connectivity index (χ3v) is 4.56. The Balaban J connectivity index is 2.45. The molecule has 23 heavy (non-hydrogen) atoms. The molecule has 1 saturated heterocycles. The molecule has 4 nitrogen and oxygen atoms in total. The van der Waals surface area contributed by atoms with Crippen molar-refractivity contribution in [2.24, 2.45) is 0 Å². The normalized spacial score (nSPS) is 19.4. The molecule has 0 bridgehead atoms. The first-order chi connectivity index (χ1) is 10.6. The van der Waals surface area contributed by atoms with E-state index in [1.165, 1.54) is 13.2 Å². The Kier molecular flexibility index (Phi) is 5.09. The number of methoxy groups -OCH3 is 1. The smallest absolute Gasteiger partial charge is 0.467 e. The number of ether oxygens (including phenoxy) is 2. The van der Waals surface area contributed by atoms with Gasteiger partial charge in [-0.1, -0.05) is 13.8 Å². The predicted octanol–water partition coefficient (Wildman–Crippen LogP) is 3.23. The summed E-state index contributed by atoms with van der Waals surface area (Å²) in [5, 5.41) is 0. The van der Waals surface area contributed by atoms with Gasteiger partial charge in [0.15, 0.2) is 6.79 Å². The highest BCUT2D eigenvalue weighted by atomic mass is 19.1. The first-order valence-electron chi connectivity index (χ1n) is 7.90. The van der Waals surface area contributed by atoms with Crippen LogP contribution >= 0.6 is 0 Å². The molecular formula is C17H26BFO4. The second-order valence-corrected chi connectivity index (χ2v) is 7.20. The molecule has 0 spiro atoms. The van der Waals surface area contributed by atoms with Crippen molar-refractivity contribution in [3.05, 3.63) is 23.5 Å². The Bertz CT molecular complexity index is 556. The molecule has 0 aromatic heterocycles. The fraction of sp³-hybridized carbons (Fsp3) is 0.647. The van der Waals surface area contributed by atoms with Crippen LogP contribution in [0, 0.1) is 5.82 Å². The second kappa shape index (κ2) is 6.42. The lowest BCUT2D eigenvalue weighted by Crippen LogP contribution is -2.41. The number of rotatable bonds is 5. The highest BCUT2D eigenvalue weighted by Gasteiger charge is 2.52. The average Bonchev–Trinajstić information content (AvgIpc) is 2.64. The summed E-state index contributed by atoms with van der Waals surface area (Å²) in [7, 11) is 0.895. The summed E-state index contributed by atoms with van der Waals surface area (Å²) in [5.41, 5.74) is 0.301. The third kappa shape index (κ3) is 3.54. The zero-order chi connectivity index (χ0) is 17.4. The topological polar surface area (TPSA) is 36.9 Å². The van der Waals surface area contributed by atoms with Gasteiger partial charge in [-0.15, -0.1) is 0 Å². The van der Waals surface area contributed by atoms with Gasteiger partial charge in [0.1, 0.15) is 11.6 Å². The van der Waals surface area contributed by atoms with Crippen molar-refractivity contribution >= 4 is 12.6 Å². The quantitative estimate of drug-likeness (QED) is 0.615. The van der Waals surface area contributed by atoms with E-state index in [2.05, 4.69) is 0 Å². The van der Waals surface area contributed by atoms with Crippen LogP contribution in [0.15, 0.2) is 12.1 Å². The van der Waals surface area contributed by atoms with Crippen molar-refractivity contribution < 1.29 is 23.2 Å². The maximum atomic E-state index is 14.6. The van der Waals surface area contributed by atoms with E-state index in [4.69, 9.17) is 18.8 Å². The molecule has 0 aliphatic carbocycles. The monoisotopic (exact) mass is 324 g/mol. The van der Waals surface area contributed by atoms with Crippen LogP contribution in [0.2, 0.25) is 0 Å². The van der Waals surface area contributed by atoms with Crippen molar-refractivity contribution in [2.45, 2.75) is 58.7 Å². The summed E-state index contributed by atoms with van der Waals surface area (Å²) in [5.74, 6) is 0.0808. The fourth-order valence-corrected chi connectivity index (χ4v) is 2.60. The van der Waals surface area contributed by atoms with E-state index in [1.54, 1.807) is 6.07 Å². The molecule has 1 aliphatic rings. The van der Waals surface area contributed by atoms with E-state index in [0.29, 0.717) is 16.8 Å². The van der Waals surface area contributed by atoms with Gasteiger partial charge < -0.3 is 18.8 Å². The van der Waals surface area contributed by atoms with Crippen LogP contribution in [0.1, 0.15) is 53.0 Å². The zero-order valence-electron chi connectivity index (χ0n) is 15.0. The molecule has 6 heteroatoms. The van der Waals surface area contributed by atoms with Crippen LogP contribution in [0.25, 0.3) is 0 Å². The lowest BCUT2D eigenvalue weighted by Gasteiger charge is -2.32. The zero-order valence-corrected chi connectivity index (χ0v) is 15.0. The van der Waals surface area contributed by atoms with Gasteiger partial charge in [0.25, 0.3) is 0 Å². The SMILES string of the molecule is COCOc1cc(F)c(C(C)C)c(B2OC(C)(C)C(C)(C)O2)c1. The van der Waals surface area contributed by atoms with Crippen LogP contribution in [0.3, 0.4) is 0 Å². The Morgan fingerprint density at radius 2 is 1.70 bits per heavy atom. The highest BCUT2D eigenvalue weighted by molar-refractivity contribution is 6.62. The number of hydrogen-bond acceptors (Lipinski definition) is 4. The maximum absolute atomic E-state index is 14.6. The lowest BCUT2D eigenvalue weighted by molar-refractivity contribution is 0.00578. The van der Waals surface area contributed by atoms with Crippen LogP contribution in [-0.2, 0) is 14.0 Å². The molecule has 0 atom stereocenters. The highest BCUT2D eigenvalue weighted by Crippen LogP contribution is 2.37. The molecule has 0 N–H and O–H groups in total. The van der Waals surface area contributed by atoms with E-state index in [0.717, 1.165) is 0 Å². The summed E-state index contributed by atoms with van der Waals surface area (Å²) in [6.45, 7) is 11.9. The molecule has 0 saturated carbocycles. The average molecular weight is 324 g/mol. The molecule has 0 radical (unpaired) electrons. The Morgan fingerprint density at radius 3 is 2.17 bits per heavy atom. The third-order valence-electron chi connectivity index (χ3n) is 4.56. The van der Waals surface area contributed by atoms with Crippen molar-refractivity contribution in [2.75, 3.05) is 13.9 Å². The van der Waals surface area contributed by atoms with Crippen LogP contribution in [0.5, 0.6) is 5.75 Å². The largest absolute Gasteiger partial charge is 0.495 e. The van der Waals surface area contributed by atoms with Gasteiger partial charge in [0.05, 0.1) is 11.2 Å². The standard InChI is InChI=1S/C17H26BFO4/c1-11(2)15-13(8-12(9-14(15)19)21-10-20-7)18-22-16(3,4)17(5,6)23-18/h8-9,11H,10H2,1-7H3. The molecule has 1 heterocycles. The Hall–Kier alpha value is -1.11. The minimum Gasteiger partial charge on any atom is -0.467 e. The second-order valence-electron chi connectivity index (χ2n) is 7.20. The first kappa shape index (κ1) is 18.2. The molecule has 1 aromatic carbocycles. The van der Waals surface area contributed by atoms with E-state index in [-0.39, 0.29) is 18.5 Å². The predicted molar refractivity (Wildman–Crippen MR) is 88.7 cm³/mol. The molecule has 1 aromatic rings. The minimum atomic E-state index is -0.627. The summed E-state index contributed by atoms with van der Waals surface area (Å²) >= 11 is 0. The van der Waals surface area contributed by atoms with E-state index in [1.807, 2.05) is 41.5 Å². The van der Waals surface area contributed by atoms with Gasteiger partial charge in [-0.25, -0.2) is 4.39 Å². The number of halogens is 1. The van der Waals surface area contributed by atoms with Gasteiger partial charge in [-0.05, 0) is 50.7 Å². The number of benzene rings is 1. The van der Waals surface area contributed by atoms with Crippen molar-refractivity contribution in [1.82, 2.24) is 0 Å². The van der Waals surface area contributed by atoms with Gasteiger partial charge in [-0.2, -0.15) is 0 Å². The maximum Gasteiger partial charge on any atom is 0.495 e. The van der Waals surface area contributed by atoms with Crippen LogP contribution in [-0.4, -0.2) is 32.2 Å². The summed E-state index contributed by atoms with van der Waals surface area (Å²) < 4.78 is 37.0. The van der Waals surface area contributed by atoms with Crippen molar-refractivity contribution in [1.29, 1.82) is 0 Å². The fourth-order valence-electron chi connectivity index (χ4n) is 2.60. The molecule has 1 aliphatic heterocycles. The van der Waals surface area contributed by atoms with E-state index in [9.17, 15) is 4.39 Å². The van der Waals surface area contributed by atoms with Gasteiger partial charge in [0, 0.05) is 13.2 Å². The number of hydrogen-bond donors (Lipinski definition) is 0. The summed E-state index contributed by atoms with van der Waals surface area (Å²) in [4.78, 5) is 0.